The van der Waals surface area contributed by atoms with Gasteiger partial charge in [0.2, 0.25) is 0 Å². The van der Waals surface area contributed by atoms with E-state index < -0.39 is 0 Å². The molecule has 17 heavy (non-hydrogen) atoms. The van der Waals surface area contributed by atoms with Gasteiger partial charge in [-0.2, -0.15) is 0 Å². The van der Waals surface area contributed by atoms with Crippen molar-refractivity contribution < 1.29 is 0 Å². The van der Waals surface area contributed by atoms with E-state index in [1.165, 1.54) is 5.56 Å². The highest BCUT2D eigenvalue weighted by Crippen LogP contribution is 2.23. The van der Waals surface area contributed by atoms with Crippen molar-refractivity contribution in [3.8, 4) is 0 Å². The average molecular weight is 234 g/mol. The number of hydrogen-bond donors (Lipinski definition) is 1. The highest BCUT2D eigenvalue weighted by atomic mass is 15.2. The van der Waals surface area contributed by atoms with Crippen LogP contribution in [0.4, 0.5) is 0 Å². The summed E-state index contributed by atoms with van der Waals surface area (Å²) < 4.78 is 0. The molecular weight excluding hydrogens is 208 g/mol. The van der Waals surface area contributed by atoms with Gasteiger partial charge >= 0.3 is 0 Å². The number of nitrogens with one attached hydrogen (secondary N) is 1. The zero-order chi connectivity index (χ0) is 12.8. The second-order valence-corrected chi connectivity index (χ2v) is 4.91. The molecule has 0 aliphatic rings. The topological polar surface area (TPSA) is 15.3 Å². The molecule has 0 amide bonds. The summed E-state index contributed by atoms with van der Waals surface area (Å²) in [6, 6.07) is 12.2. The second-order valence-electron chi connectivity index (χ2n) is 4.91. The van der Waals surface area contributed by atoms with Gasteiger partial charge in [0.25, 0.3) is 0 Å². The zero-order valence-electron chi connectivity index (χ0n) is 11.8. The molecule has 0 saturated heterocycles. The van der Waals surface area contributed by atoms with Gasteiger partial charge in [-0.25, -0.2) is 0 Å². The molecule has 0 aromatic heterocycles. The quantitative estimate of drug-likeness (QED) is 0.814. The van der Waals surface area contributed by atoms with E-state index in [1.807, 2.05) is 0 Å². The third kappa shape index (κ3) is 3.55. The largest absolute Gasteiger partial charge is 0.312 e. The first-order valence-electron chi connectivity index (χ1n) is 6.56. The summed E-state index contributed by atoms with van der Waals surface area (Å²) >= 11 is 0. The fourth-order valence-corrected chi connectivity index (χ4v) is 2.38. The lowest BCUT2D eigenvalue weighted by molar-refractivity contribution is 0.153. The van der Waals surface area contributed by atoms with Crippen molar-refractivity contribution in [2.24, 2.45) is 0 Å². The molecule has 0 aliphatic carbocycles. The van der Waals surface area contributed by atoms with Crippen LogP contribution in [-0.4, -0.2) is 31.1 Å². The van der Waals surface area contributed by atoms with E-state index in [-0.39, 0.29) is 0 Å². The van der Waals surface area contributed by atoms with E-state index in [2.05, 4.69) is 75.4 Å². The van der Waals surface area contributed by atoms with Crippen molar-refractivity contribution >= 4 is 0 Å². The summed E-state index contributed by atoms with van der Waals surface area (Å²) in [5.74, 6) is 0. The van der Waals surface area contributed by atoms with Gasteiger partial charge in [0.1, 0.15) is 0 Å². The van der Waals surface area contributed by atoms with Crippen molar-refractivity contribution in [3.05, 3.63) is 35.9 Å². The molecule has 0 aliphatic heterocycles. The standard InChI is InChI=1S/C15H26N2/c1-6-14(17(5)12(2)3)15(16-4)13-10-8-7-9-11-13/h7-12,14-16H,6H2,1-5H3. The van der Waals surface area contributed by atoms with Crippen LogP contribution >= 0.6 is 0 Å². The molecular formula is C15H26N2. The summed E-state index contributed by atoms with van der Waals surface area (Å²) in [5, 5.41) is 3.46. The molecule has 0 heterocycles. The average Bonchev–Trinajstić information content (AvgIpc) is 2.35. The van der Waals surface area contributed by atoms with Crippen LogP contribution in [0.2, 0.25) is 0 Å². The smallest absolute Gasteiger partial charge is 0.0475 e. The molecule has 0 bridgehead atoms. The third-order valence-electron chi connectivity index (χ3n) is 3.61. The Morgan fingerprint density at radius 3 is 2.18 bits per heavy atom. The van der Waals surface area contributed by atoms with Gasteiger partial charge in [0.15, 0.2) is 0 Å². The lowest BCUT2D eigenvalue weighted by atomic mass is 9.95. The van der Waals surface area contributed by atoms with Crippen LogP contribution in [-0.2, 0) is 0 Å². The van der Waals surface area contributed by atoms with Crippen LogP contribution in [0.3, 0.4) is 0 Å². The molecule has 1 aromatic rings. The van der Waals surface area contributed by atoms with Gasteiger partial charge in [-0.05, 0) is 39.9 Å². The first-order chi connectivity index (χ1) is 8.11. The SMILES string of the molecule is CCC(C(NC)c1ccccc1)N(C)C(C)C. The summed E-state index contributed by atoms with van der Waals surface area (Å²) in [6.07, 6.45) is 1.15. The van der Waals surface area contributed by atoms with E-state index in [4.69, 9.17) is 0 Å². The summed E-state index contributed by atoms with van der Waals surface area (Å²) in [7, 11) is 4.26. The molecule has 2 atom stereocenters. The van der Waals surface area contributed by atoms with Gasteiger partial charge in [0, 0.05) is 18.1 Å². The highest BCUT2D eigenvalue weighted by molar-refractivity contribution is 5.20. The summed E-state index contributed by atoms with van der Waals surface area (Å²) in [6.45, 7) is 6.76. The van der Waals surface area contributed by atoms with E-state index in [9.17, 15) is 0 Å². The number of likely N-dealkylation sites (N-methyl/N-ethyl adjacent to an activating group) is 2. The van der Waals surface area contributed by atoms with E-state index in [1.54, 1.807) is 0 Å². The maximum absolute atomic E-state index is 3.46. The first kappa shape index (κ1) is 14.2. The Morgan fingerprint density at radius 2 is 1.76 bits per heavy atom. The molecule has 0 saturated carbocycles. The normalized spacial score (nSPS) is 15.2. The van der Waals surface area contributed by atoms with Gasteiger partial charge in [-0.3, -0.25) is 4.90 Å². The van der Waals surface area contributed by atoms with E-state index >= 15 is 0 Å². The maximum atomic E-state index is 3.46. The first-order valence-corrected chi connectivity index (χ1v) is 6.56. The Kier molecular flexibility index (Phi) is 5.66. The second kappa shape index (κ2) is 6.77. The number of rotatable bonds is 6. The minimum Gasteiger partial charge on any atom is -0.312 e. The minimum atomic E-state index is 0.397. The van der Waals surface area contributed by atoms with Crippen LogP contribution in [0.25, 0.3) is 0 Å². The Bertz CT molecular complexity index is 308. The van der Waals surface area contributed by atoms with Crippen molar-refractivity contribution in [1.29, 1.82) is 0 Å². The number of benzene rings is 1. The van der Waals surface area contributed by atoms with Crippen LogP contribution in [0.15, 0.2) is 30.3 Å². The fourth-order valence-electron chi connectivity index (χ4n) is 2.38. The Morgan fingerprint density at radius 1 is 1.18 bits per heavy atom. The molecule has 0 radical (unpaired) electrons. The molecule has 2 nitrogen and oxygen atoms in total. The lowest BCUT2D eigenvalue weighted by Crippen LogP contribution is -2.44. The predicted octanol–water partition coefficient (Wildman–Crippen LogP) is 3.07. The number of nitrogens with zero attached hydrogens (tertiary/aromatic N) is 1. The zero-order valence-corrected chi connectivity index (χ0v) is 11.8. The highest BCUT2D eigenvalue weighted by Gasteiger charge is 2.25. The Balaban J connectivity index is 2.91. The molecule has 1 N–H and O–H groups in total. The van der Waals surface area contributed by atoms with Gasteiger partial charge in [-0.15, -0.1) is 0 Å². The minimum absolute atomic E-state index is 0.397. The Labute approximate surface area is 106 Å². The Hall–Kier alpha value is -0.860. The lowest BCUT2D eigenvalue weighted by Gasteiger charge is -2.36. The molecule has 0 fully saturated rings. The molecule has 1 aromatic carbocycles. The van der Waals surface area contributed by atoms with Gasteiger partial charge < -0.3 is 5.32 Å². The third-order valence-corrected chi connectivity index (χ3v) is 3.61. The maximum Gasteiger partial charge on any atom is 0.0475 e. The van der Waals surface area contributed by atoms with Crippen LogP contribution in [0.1, 0.15) is 38.8 Å². The molecule has 96 valence electrons. The molecule has 1 rings (SSSR count). The van der Waals surface area contributed by atoms with E-state index in [0.717, 1.165) is 6.42 Å². The predicted molar refractivity (Wildman–Crippen MR) is 75.2 cm³/mol. The van der Waals surface area contributed by atoms with E-state index in [0.29, 0.717) is 18.1 Å². The van der Waals surface area contributed by atoms with Crippen molar-refractivity contribution in [1.82, 2.24) is 10.2 Å². The van der Waals surface area contributed by atoms with Crippen molar-refractivity contribution in [3.63, 3.8) is 0 Å². The monoisotopic (exact) mass is 234 g/mol. The molecule has 0 spiro atoms. The summed E-state index contributed by atoms with van der Waals surface area (Å²) in [5.41, 5.74) is 1.37. The van der Waals surface area contributed by atoms with Gasteiger partial charge in [0.05, 0.1) is 0 Å². The number of hydrogen-bond acceptors (Lipinski definition) is 2. The van der Waals surface area contributed by atoms with Crippen LogP contribution in [0.5, 0.6) is 0 Å². The van der Waals surface area contributed by atoms with Crippen molar-refractivity contribution in [2.75, 3.05) is 14.1 Å². The van der Waals surface area contributed by atoms with Crippen LogP contribution in [0, 0.1) is 0 Å². The summed E-state index contributed by atoms with van der Waals surface area (Å²) in [4.78, 5) is 2.45. The molecule has 2 heteroatoms. The van der Waals surface area contributed by atoms with Crippen molar-refractivity contribution in [2.45, 2.75) is 45.3 Å². The fraction of sp³-hybridized carbons (Fsp3) is 0.600. The van der Waals surface area contributed by atoms with Gasteiger partial charge in [-0.1, -0.05) is 37.3 Å². The molecule has 2 unspecified atom stereocenters. The van der Waals surface area contributed by atoms with Crippen LogP contribution < -0.4 is 5.32 Å².